The van der Waals surface area contributed by atoms with Crippen molar-refractivity contribution in [2.45, 2.75) is 25.8 Å². The third-order valence-corrected chi connectivity index (χ3v) is 3.79. The van der Waals surface area contributed by atoms with Crippen molar-refractivity contribution < 1.29 is 14.0 Å². The smallest absolute Gasteiger partial charge is 0.226 e. The molecule has 21 heavy (non-hydrogen) atoms. The Morgan fingerprint density at radius 2 is 2.14 bits per heavy atom. The molecule has 0 bridgehead atoms. The monoisotopic (exact) mass is 353 g/mol. The standard InChI is InChI=1S/C14H16BrN3O3/c1-2-3-11-17-14(18-21-11)12(16)8-6-9(15)13-10(7-8)19-4-5-20-13/h6-7,12H,2-5,16H2,1H3. The Hall–Kier alpha value is -1.60. The summed E-state index contributed by atoms with van der Waals surface area (Å²) in [6.45, 7) is 3.13. The Morgan fingerprint density at radius 1 is 1.33 bits per heavy atom. The minimum absolute atomic E-state index is 0.466. The number of ether oxygens (including phenoxy) is 2. The molecule has 0 radical (unpaired) electrons. The molecule has 0 saturated heterocycles. The van der Waals surface area contributed by atoms with Crippen molar-refractivity contribution in [3.63, 3.8) is 0 Å². The molecule has 6 nitrogen and oxygen atoms in total. The molecule has 1 atom stereocenters. The number of aromatic nitrogens is 2. The Labute approximate surface area is 130 Å². The van der Waals surface area contributed by atoms with Crippen molar-refractivity contribution >= 4 is 15.9 Å². The minimum atomic E-state index is -0.466. The van der Waals surface area contributed by atoms with Gasteiger partial charge in [-0.2, -0.15) is 4.98 Å². The van der Waals surface area contributed by atoms with Gasteiger partial charge in [-0.1, -0.05) is 12.1 Å². The van der Waals surface area contributed by atoms with E-state index in [0.717, 1.165) is 22.9 Å². The van der Waals surface area contributed by atoms with E-state index < -0.39 is 6.04 Å². The molecule has 0 saturated carbocycles. The van der Waals surface area contributed by atoms with Crippen LogP contribution in [0.2, 0.25) is 0 Å². The molecule has 7 heteroatoms. The second-order valence-corrected chi connectivity index (χ2v) is 5.66. The Kier molecular flexibility index (Phi) is 4.12. The molecule has 1 aliphatic heterocycles. The van der Waals surface area contributed by atoms with E-state index >= 15 is 0 Å². The average molecular weight is 354 g/mol. The summed E-state index contributed by atoms with van der Waals surface area (Å²) in [7, 11) is 0. The lowest BCUT2D eigenvalue weighted by Crippen LogP contribution is -2.18. The maximum Gasteiger partial charge on any atom is 0.226 e. The second kappa shape index (κ2) is 6.03. The minimum Gasteiger partial charge on any atom is -0.486 e. The van der Waals surface area contributed by atoms with Crippen LogP contribution >= 0.6 is 15.9 Å². The van der Waals surface area contributed by atoms with Crippen molar-refractivity contribution in [1.29, 1.82) is 0 Å². The summed E-state index contributed by atoms with van der Waals surface area (Å²) < 4.78 is 17.2. The number of rotatable bonds is 4. The van der Waals surface area contributed by atoms with E-state index in [1.54, 1.807) is 0 Å². The first-order valence-electron chi connectivity index (χ1n) is 6.86. The molecular weight excluding hydrogens is 338 g/mol. The molecule has 3 rings (SSSR count). The van der Waals surface area contributed by atoms with Crippen LogP contribution in [0, 0.1) is 0 Å². The van der Waals surface area contributed by atoms with Gasteiger partial charge in [0, 0.05) is 6.42 Å². The molecule has 1 aromatic carbocycles. The number of nitrogens with two attached hydrogens (primary N) is 1. The van der Waals surface area contributed by atoms with Gasteiger partial charge in [0.1, 0.15) is 13.2 Å². The lowest BCUT2D eigenvalue weighted by Gasteiger charge is -2.21. The first-order valence-corrected chi connectivity index (χ1v) is 7.65. The van der Waals surface area contributed by atoms with E-state index in [0.29, 0.717) is 36.4 Å². The van der Waals surface area contributed by atoms with Crippen LogP contribution in [-0.4, -0.2) is 23.4 Å². The molecule has 0 aliphatic carbocycles. The normalized spacial score (nSPS) is 15.0. The molecule has 2 N–H and O–H groups in total. The fraction of sp³-hybridized carbons (Fsp3) is 0.429. The van der Waals surface area contributed by atoms with E-state index in [1.165, 1.54) is 0 Å². The fourth-order valence-corrected chi connectivity index (χ4v) is 2.74. The Balaban J connectivity index is 1.90. The van der Waals surface area contributed by atoms with Crippen molar-refractivity contribution in [2.24, 2.45) is 5.73 Å². The topological polar surface area (TPSA) is 83.4 Å². The largest absolute Gasteiger partial charge is 0.486 e. The Morgan fingerprint density at radius 3 is 2.95 bits per heavy atom. The van der Waals surface area contributed by atoms with Gasteiger partial charge < -0.3 is 19.7 Å². The van der Waals surface area contributed by atoms with Crippen LogP contribution in [0.15, 0.2) is 21.1 Å². The highest BCUT2D eigenvalue weighted by Crippen LogP contribution is 2.40. The zero-order valence-corrected chi connectivity index (χ0v) is 13.2. The van der Waals surface area contributed by atoms with Crippen molar-refractivity contribution in [1.82, 2.24) is 10.1 Å². The van der Waals surface area contributed by atoms with Crippen LogP contribution in [0.5, 0.6) is 11.5 Å². The number of halogens is 1. The molecule has 1 unspecified atom stereocenters. The van der Waals surface area contributed by atoms with Gasteiger partial charge >= 0.3 is 0 Å². The van der Waals surface area contributed by atoms with Gasteiger partial charge in [-0.25, -0.2) is 0 Å². The van der Waals surface area contributed by atoms with Crippen LogP contribution < -0.4 is 15.2 Å². The van der Waals surface area contributed by atoms with E-state index in [4.69, 9.17) is 19.7 Å². The molecular formula is C14H16BrN3O3. The van der Waals surface area contributed by atoms with Crippen LogP contribution in [0.4, 0.5) is 0 Å². The number of hydrogen-bond acceptors (Lipinski definition) is 6. The lowest BCUT2D eigenvalue weighted by molar-refractivity contribution is 0.170. The van der Waals surface area contributed by atoms with Gasteiger partial charge in [0.2, 0.25) is 5.89 Å². The van der Waals surface area contributed by atoms with Gasteiger partial charge in [-0.15, -0.1) is 0 Å². The van der Waals surface area contributed by atoms with E-state index in [-0.39, 0.29) is 0 Å². The summed E-state index contributed by atoms with van der Waals surface area (Å²) in [4.78, 5) is 4.33. The molecule has 1 aliphatic rings. The van der Waals surface area contributed by atoms with E-state index in [2.05, 4.69) is 33.0 Å². The SMILES string of the molecule is CCCc1nc(C(N)c2cc(Br)c3c(c2)OCCO3)no1. The lowest BCUT2D eigenvalue weighted by atomic mass is 10.1. The van der Waals surface area contributed by atoms with Gasteiger partial charge in [-0.3, -0.25) is 0 Å². The number of nitrogens with zero attached hydrogens (tertiary/aromatic N) is 2. The first kappa shape index (κ1) is 14.3. The third-order valence-electron chi connectivity index (χ3n) is 3.20. The third kappa shape index (κ3) is 2.89. The highest BCUT2D eigenvalue weighted by molar-refractivity contribution is 9.10. The summed E-state index contributed by atoms with van der Waals surface area (Å²) in [6.07, 6.45) is 1.71. The van der Waals surface area contributed by atoms with E-state index in [1.807, 2.05) is 12.1 Å². The predicted octanol–water partition coefficient (Wildman–Crippen LogP) is 2.60. The van der Waals surface area contributed by atoms with E-state index in [9.17, 15) is 0 Å². The fourth-order valence-electron chi connectivity index (χ4n) is 2.17. The summed E-state index contributed by atoms with van der Waals surface area (Å²) in [5.41, 5.74) is 7.07. The molecule has 2 aromatic rings. The maximum absolute atomic E-state index is 6.23. The molecule has 1 aromatic heterocycles. The van der Waals surface area contributed by atoms with Gasteiger partial charge in [0.25, 0.3) is 0 Å². The summed E-state index contributed by atoms with van der Waals surface area (Å²) in [5.74, 6) is 2.47. The molecule has 112 valence electrons. The number of fused-ring (bicyclic) bond motifs is 1. The van der Waals surface area contributed by atoms with Gasteiger partial charge in [0.15, 0.2) is 17.3 Å². The quantitative estimate of drug-likeness (QED) is 0.909. The van der Waals surface area contributed by atoms with Gasteiger partial charge in [-0.05, 0) is 40.0 Å². The van der Waals surface area contributed by atoms with Crippen molar-refractivity contribution in [3.05, 3.63) is 33.9 Å². The Bertz CT molecular complexity index is 644. The van der Waals surface area contributed by atoms with Crippen LogP contribution in [0.25, 0.3) is 0 Å². The molecule has 0 fully saturated rings. The number of aryl methyl sites for hydroxylation is 1. The van der Waals surface area contributed by atoms with Crippen LogP contribution in [0.1, 0.15) is 36.7 Å². The van der Waals surface area contributed by atoms with Crippen molar-refractivity contribution in [3.8, 4) is 11.5 Å². The first-order chi connectivity index (χ1) is 10.2. The zero-order chi connectivity index (χ0) is 14.8. The summed E-state index contributed by atoms with van der Waals surface area (Å²) >= 11 is 3.48. The average Bonchev–Trinajstić information content (AvgIpc) is 2.95. The zero-order valence-electron chi connectivity index (χ0n) is 11.6. The van der Waals surface area contributed by atoms with Crippen LogP contribution in [-0.2, 0) is 6.42 Å². The highest BCUT2D eigenvalue weighted by Gasteiger charge is 2.22. The van der Waals surface area contributed by atoms with Crippen LogP contribution in [0.3, 0.4) is 0 Å². The summed E-state index contributed by atoms with van der Waals surface area (Å²) in [6, 6.07) is 3.29. The van der Waals surface area contributed by atoms with Crippen molar-refractivity contribution in [2.75, 3.05) is 13.2 Å². The molecule has 0 amide bonds. The second-order valence-electron chi connectivity index (χ2n) is 4.80. The highest BCUT2D eigenvalue weighted by atomic mass is 79.9. The molecule has 0 spiro atoms. The maximum atomic E-state index is 6.23. The molecule has 2 heterocycles. The van der Waals surface area contributed by atoms with Gasteiger partial charge in [0.05, 0.1) is 10.5 Å². The predicted molar refractivity (Wildman–Crippen MR) is 79.5 cm³/mol. The summed E-state index contributed by atoms with van der Waals surface area (Å²) in [5, 5.41) is 3.95. The number of benzene rings is 1. The number of hydrogen-bond donors (Lipinski definition) is 1.